The monoisotopic (exact) mass is 587 g/mol. The van der Waals surface area contributed by atoms with Gasteiger partial charge in [0.25, 0.3) is 0 Å². The number of aromatic carboxylic acids is 1. The van der Waals surface area contributed by atoms with Gasteiger partial charge in [-0.15, -0.1) is 11.8 Å². The number of likely N-dealkylation sites (tertiary alicyclic amines) is 1. The Balaban J connectivity index is 1.06. The van der Waals surface area contributed by atoms with Crippen LogP contribution in [0.3, 0.4) is 0 Å². The van der Waals surface area contributed by atoms with Crippen molar-refractivity contribution in [1.29, 1.82) is 5.26 Å². The number of carboxylic acids is 1. The third kappa shape index (κ3) is 6.41. The van der Waals surface area contributed by atoms with Crippen LogP contribution < -0.4 is 4.74 Å². The lowest BCUT2D eigenvalue weighted by molar-refractivity contribution is -0.0592. The van der Waals surface area contributed by atoms with Crippen molar-refractivity contribution in [1.82, 2.24) is 19.4 Å². The average molecular weight is 588 g/mol. The van der Waals surface area contributed by atoms with Crippen LogP contribution in [0.25, 0.3) is 11.0 Å². The third-order valence-corrected chi connectivity index (χ3v) is 8.93. The summed E-state index contributed by atoms with van der Waals surface area (Å²) in [7, 11) is 0. The van der Waals surface area contributed by atoms with E-state index in [9.17, 15) is 14.3 Å². The summed E-state index contributed by atoms with van der Waals surface area (Å²) in [6.07, 6.45) is 3.12. The highest BCUT2D eigenvalue weighted by molar-refractivity contribution is 7.99. The zero-order chi connectivity index (χ0) is 29.1. The van der Waals surface area contributed by atoms with E-state index < -0.39 is 11.8 Å². The Morgan fingerprint density at radius 3 is 2.69 bits per heavy atom. The van der Waals surface area contributed by atoms with E-state index in [0.717, 1.165) is 66.9 Å². The van der Waals surface area contributed by atoms with Gasteiger partial charge in [-0.1, -0.05) is 6.07 Å². The number of nitriles is 1. The molecule has 2 aliphatic heterocycles. The Morgan fingerprint density at radius 2 is 1.98 bits per heavy atom. The van der Waals surface area contributed by atoms with Crippen molar-refractivity contribution in [2.75, 3.05) is 19.7 Å². The molecule has 1 N–H and O–H groups in total. The number of imidazole rings is 1. The Kier molecular flexibility index (Phi) is 8.37. The molecule has 4 aromatic rings. The number of halogens is 1. The number of ether oxygens (including phenoxy) is 2. The van der Waals surface area contributed by atoms with E-state index in [1.807, 2.05) is 24.3 Å². The molecular formula is C31H30FN5O4S. The Labute approximate surface area is 246 Å². The first kappa shape index (κ1) is 28.2. The van der Waals surface area contributed by atoms with E-state index in [1.54, 1.807) is 30.0 Å². The standard InChI is InChI=1S/C31H30FN5O4S/c32-25-14-20(16-33)4-7-28(25)41-19-22-2-1-3-30(34-22)42-24-8-11-36(12-9-24)18-29-35-26-6-5-21(31(38)39)15-27(26)37(29)17-23-10-13-40-23/h1-7,14-15,23-24H,8-13,17-19H2,(H,38,39). The molecule has 0 radical (unpaired) electrons. The number of piperidine rings is 1. The number of thioether (sulfide) groups is 1. The summed E-state index contributed by atoms with van der Waals surface area (Å²) < 4.78 is 27.6. The van der Waals surface area contributed by atoms with Gasteiger partial charge >= 0.3 is 5.97 Å². The third-order valence-electron chi connectivity index (χ3n) is 7.66. The number of carboxylic acid groups (broad SMARTS) is 1. The van der Waals surface area contributed by atoms with E-state index in [2.05, 4.69) is 9.47 Å². The molecule has 1 unspecified atom stereocenters. The molecular weight excluding hydrogens is 557 g/mol. The van der Waals surface area contributed by atoms with E-state index >= 15 is 0 Å². The fourth-order valence-electron chi connectivity index (χ4n) is 5.26. The van der Waals surface area contributed by atoms with Crippen molar-refractivity contribution in [2.45, 2.75) is 55.3 Å². The minimum atomic E-state index is -0.946. The van der Waals surface area contributed by atoms with Crippen molar-refractivity contribution in [2.24, 2.45) is 0 Å². The molecule has 6 rings (SSSR count). The van der Waals surface area contributed by atoms with Gasteiger partial charge in [0.2, 0.25) is 0 Å². The molecule has 1 atom stereocenters. The lowest BCUT2D eigenvalue weighted by atomic mass is 10.1. The van der Waals surface area contributed by atoms with E-state index in [4.69, 9.17) is 24.7 Å². The molecule has 4 heterocycles. The van der Waals surface area contributed by atoms with Crippen molar-refractivity contribution < 1.29 is 23.8 Å². The average Bonchev–Trinajstić information content (AvgIpc) is 3.31. The second-order valence-corrected chi connectivity index (χ2v) is 11.9. The van der Waals surface area contributed by atoms with Crippen LogP contribution in [0.2, 0.25) is 0 Å². The summed E-state index contributed by atoms with van der Waals surface area (Å²) in [6, 6.07) is 16.9. The van der Waals surface area contributed by atoms with Crippen LogP contribution in [-0.4, -0.2) is 61.6 Å². The highest BCUT2D eigenvalue weighted by Gasteiger charge is 2.25. The summed E-state index contributed by atoms with van der Waals surface area (Å²) in [5.74, 6) is -0.485. The molecule has 2 aromatic heterocycles. The van der Waals surface area contributed by atoms with Gasteiger partial charge < -0.3 is 19.1 Å². The fourth-order valence-corrected chi connectivity index (χ4v) is 6.38. The van der Waals surface area contributed by atoms with Crippen molar-refractivity contribution in [3.05, 3.63) is 83.1 Å². The van der Waals surface area contributed by atoms with Gasteiger partial charge in [0, 0.05) is 11.9 Å². The predicted molar refractivity (Wildman–Crippen MR) is 155 cm³/mol. The van der Waals surface area contributed by atoms with Gasteiger partial charge in [-0.25, -0.2) is 19.2 Å². The molecule has 11 heteroatoms. The molecule has 2 aliphatic rings. The Bertz CT molecular complexity index is 1640. The quantitative estimate of drug-likeness (QED) is 0.265. The maximum atomic E-state index is 14.2. The van der Waals surface area contributed by atoms with Crippen LogP contribution in [0.1, 0.15) is 46.7 Å². The molecule has 216 valence electrons. The van der Waals surface area contributed by atoms with Crippen LogP contribution in [0.4, 0.5) is 4.39 Å². The first-order chi connectivity index (χ1) is 20.4. The molecule has 0 saturated carbocycles. The molecule has 0 bridgehead atoms. The molecule has 42 heavy (non-hydrogen) atoms. The van der Waals surface area contributed by atoms with Gasteiger partial charge in [0.1, 0.15) is 12.4 Å². The number of fused-ring (bicyclic) bond motifs is 1. The van der Waals surface area contributed by atoms with Gasteiger partial charge in [0.05, 0.1) is 58.1 Å². The maximum absolute atomic E-state index is 14.2. The largest absolute Gasteiger partial charge is 0.484 e. The van der Waals surface area contributed by atoms with Gasteiger partial charge in [-0.05, 0) is 80.9 Å². The summed E-state index contributed by atoms with van der Waals surface area (Å²) in [6.45, 7) is 4.10. The number of hydrogen-bond acceptors (Lipinski definition) is 8. The van der Waals surface area contributed by atoms with Crippen LogP contribution in [0, 0.1) is 17.1 Å². The number of hydrogen-bond donors (Lipinski definition) is 1. The van der Waals surface area contributed by atoms with Crippen LogP contribution in [0.15, 0.2) is 59.6 Å². The summed E-state index contributed by atoms with van der Waals surface area (Å²) in [4.78, 5) is 23.6. The van der Waals surface area contributed by atoms with Crippen LogP contribution >= 0.6 is 11.8 Å². The minimum Gasteiger partial charge on any atom is -0.484 e. The number of benzene rings is 2. The molecule has 2 saturated heterocycles. The molecule has 2 aromatic carbocycles. The highest BCUT2D eigenvalue weighted by Crippen LogP contribution is 2.31. The van der Waals surface area contributed by atoms with Crippen LogP contribution in [0.5, 0.6) is 5.75 Å². The Morgan fingerprint density at radius 1 is 1.14 bits per heavy atom. The van der Waals surface area contributed by atoms with E-state index in [1.165, 1.54) is 12.1 Å². The second-order valence-electron chi connectivity index (χ2n) is 10.5. The lowest BCUT2D eigenvalue weighted by Gasteiger charge is -2.32. The molecule has 0 amide bonds. The number of carbonyl (C=O) groups is 1. The number of aromatic nitrogens is 3. The molecule has 2 fully saturated rings. The second kappa shape index (κ2) is 12.5. The normalized spacial score (nSPS) is 17.6. The smallest absolute Gasteiger partial charge is 0.335 e. The fraction of sp³-hybridized carbons (Fsp3) is 0.355. The number of pyridine rings is 1. The predicted octanol–water partition coefficient (Wildman–Crippen LogP) is 5.26. The first-order valence-corrected chi connectivity index (χ1v) is 14.8. The number of nitrogens with zero attached hydrogens (tertiary/aromatic N) is 5. The van der Waals surface area contributed by atoms with Crippen molar-refractivity contribution in [3.8, 4) is 11.8 Å². The molecule has 0 aliphatic carbocycles. The summed E-state index contributed by atoms with van der Waals surface area (Å²) >= 11 is 1.75. The summed E-state index contributed by atoms with van der Waals surface area (Å²) in [5.41, 5.74) is 2.85. The summed E-state index contributed by atoms with van der Waals surface area (Å²) in [5, 5.41) is 19.7. The zero-order valence-corrected chi connectivity index (χ0v) is 23.7. The number of rotatable bonds is 10. The SMILES string of the molecule is N#Cc1ccc(OCc2cccc(SC3CCN(Cc4nc5ccc(C(=O)O)cc5n4CC4CCO4)CC3)n2)c(F)c1. The van der Waals surface area contributed by atoms with Gasteiger partial charge in [-0.2, -0.15) is 5.26 Å². The van der Waals surface area contributed by atoms with Crippen molar-refractivity contribution in [3.63, 3.8) is 0 Å². The lowest BCUT2D eigenvalue weighted by Crippen LogP contribution is -2.36. The molecule has 0 spiro atoms. The van der Waals surface area contributed by atoms with Crippen LogP contribution in [-0.2, 0) is 24.4 Å². The topological polar surface area (TPSA) is 114 Å². The van der Waals surface area contributed by atoms with E-state index in [0.29, 0.717) is 24.0 Å². The Hall–Kier alpha value is -3.98. The zero-order valence-electron chi connectivity index (χ0n) is 22.9. The molecule has 9 nitrogen and oxygen atoms in total. The maximum Gasteiger partial charge on any atom is 0.335 e. The van der Waals surface area contributed by atoms with Gasteiger partial charge in [-0.3, -0.25) is 4.90 Å². The van der Waals surface area contributed by atoms with Gasteiger partial charge in [0.15, 0.2) is 11.6 Å². The highest BCUT2D eigenvalue weighted by atomic mass is 32.2. The first-order valence-electron chi connectivity index (χ1n) is 14.0. The van der Waals surface area contributed by atoms with Crippen molar-refractivity contribution >= 4 is 28.8 Å². The minimum absolute atomic E-state index is 0.0947. The van der Waals surface area contributed by atoms with E-state index in [-0.39, 0.29) is 29.6 Å².